The Kier molecular flexibility index (Phi) is 6.80. The van der Waals surface area contributed by atoms with E-state index < -0.39 is 10.0 Å². The lowest BCUT2D eigenvalue weighted by Gasteiger charge is -2.29. The van der Waals surface area contributed by atoms with E-state index in [2.05, 4.69) is 19.6 Å². The molecule has 37 heavy (non-hydrogen) atoms. The van der Waals surface area contributed by atoms with Crippen LogP contribution < -0.4 is 19.7 Å². The molecule has 0 radical (unpaired) electrons. The number of nitrogens with zero attached hydrogens (tertiary/aromatic N) is 3. The maximum Gasteiger partial charge on any atom is 0.229 e. The minimum Gasteiger partial charge on any atom is -0.495 e. The maximum atomic E-state index is 12.0. The number of hydrogen-bond donors (Lipinski definition) is 2. The number of anilines is 2. The van der Waals surface area contributed by atoms with Gasteiger partial charge in [0.1, 0.15) is 11.8 Å². The van der Waals surface area contributed by atoms with Crippen LogP contribution in [-0.4, -0.2) is 36.4 Å². The highest BCUT2D eigenvalue weighted by molar-refractivity contribution is 7.92. The van der Waals surface area contributed by atoms with Gasteiger partial charge in [-0.15, -0.1) is 0 Å². The topological polar surface area (TPSA) is 88.5 Å². The number of halogens is 1. The minimum atomic E-state index is -3.54. The summed E-state index contributed by atoms with van der Waals surface area (Å²) < 4.78 is 34.1. The van der Waals surface area contributed by atoms with E-state index in [1.54, 1.807) is 18.3 Å². The second kappa shape index (κ2) is 10.0. The van der Waals surface area contributed by atoms with Crippen molar-refractivity contribution in [2.45, 2.75) is 12.1 Å². The number of sulfonamides is 1. The first-order chi connectivity index (χ1) is 17.7. The molecule has 0 bridgehead atoms. The summed E-state index contributed by atoms with van der Waals surface area (Å²) in [7, 11) is -2.06. The number of benzene rings is 2. The smallest absolute Gasteiger partial charge is 0.229 e. The van der Waals surface area contributed by atoms with Crippen molar-refractivity contribution in [3.63, 3.8) is 0 Å². The van der Waals surface area contributed by atoms with Gasteiger partial charge in [0.05, 0.1) is 30.8 Å². The Bertz CT molecular complexity index is 1560. The Balaban J connectivity index is 1.67. The molecule has 1 aliphatic rings. The van der Waals surface area contributed by atoms with E-state index in [9.17, 15) is 8.42 Å². The predicted molar refractivity (Wildman–Crippen MR) is 150 cm³/mol. The van der Waals surface area contributed by atoms with E-state index >= 15 is 0 Å². The molecule has 0 aliphatic carbocycles. The summed E-state index contributed by atoms with van der Waals surface area (Å²) in [5.41, 5.74) is 3.67. The number of rotatable bonds is 7. The van der Waals surface area contributed by atoms with Crippen LogP contribution in [0.4, 0.5) is 11.4 Å². The molecule has 2 aromatic carbocycles. The highest BCUT2D eigenvalue weighted by atomic mass is 35.5. The molecule has 0 amide bonds. The molecule has 0 spiro atoms. The number of methoxy groups -OCH3 is 1. The minimum absolute atomic E-state index is 0.282. The first-order valence-corrected chi connectivity index (χ1v) is 14.0. The van der Waals surface area contributed by atoms with Crippen LogP contribution >= 0.6 is 23.8 Å². The van der Waals surface area contributed by atoms with Crippen molar-refractivity contribution in [3.8, 4) is 11.4 Å². The van der Waals surface area contributed by atoms with Crippen LogP contribution in [0.25, 0.3) is 5.69 Å². The third kappa shape index (κ3) is 5.13. The molecule has 11 heteroatoms. The fourth-order valence-electron chi connectivity index (χ4n) is 4.55. The van der Waals surface area contributed by atoms with Crippen molar-refractivity contribution >= 4 is 50.3 Å². The van der Waals surface area contributed by atoms with Gasteiger partial charge in [0, 0.05) is 34.5 Å². The van der Waals surface area contributed by atoms with Gasteiger partial charge in [-0.25, -0.2) is 8.42 Å². The van der Waals surface area contributed by atoms with Gasteiger partial charge >= 0.3 is 0 Å². The molecule has 190 valence electrons. The number of thiocarbonyl (C=S) groups is 1. The lowest BCUT2D eigenvalue weighted by Crippen LogP contribution is -2.30. The van der Waals surface area contributed by atoms with Gasteiger partial charge in [-0.3, -0.25) is 9.71 Å². The Labute approximate surface area is 225 Å². The molecular formula is C26H24ClN5O3S2. The molecular weight excluding hydrogens is 530 g/mol. The molecule has 1 aliphatic heterocycles. The summed E-state index contributed by atoms with van der Waals surface area (Å²) >= 11 is 12.1. The molecule has 4 aromatic rings. The summed E-state index contributed by atoms with van der Waals surface area (Å²) in [4.78, 5) is 6.57. The van der Waals surface area contributed by atoms with Crippen LogP contribution in [0.2, 0.25) is 5.02 Å². The lowest BCUT2D eigenvalue weighted by atomic mass is 10.0. The highest BCUT2D eigenvalue weighted by Gasteiger charge is 2.42. The zero-order chi connectivity index (χ0) is 26.2. The Morgan fingerprint density at radius 1 is 1.05 bits per heavy atom. The SMILES string of the molecule is COc1ccc(N2C(=S)N[C@@H](c3ccccn3)[C@H]2c2cccn2-c2cccc(Cl)c2)cc1NS(C)(=O)=O. The van der Waals surface area contributed by atoms with Crippen LogP contribution in [0.3, 0.4) is 0 Å². The van der Waals surface area contributed by atoms with Crippen molar-refractivity contribution in [2.75, 3.05) is 23.0 Å². The normalized spacial score (nSPS) is 17.5. The highest BCUT2D eigenvalue weighted by Crippen LogP contribution is 2.44. The zero-order valence-electron chi connectivity index (χ0n) is 20.0. The van der Waals surface area contributed by atoms with Crippen molar-refractivity contribution in [2.24, 2.45) is 0 Å². The zero-order valence-corrected chi connectivity index (χ0v) is 22.4. The number of nitrogens with one attached hydrogen (secondary N) is 2. The van der Waals surface area contributed by atoms with Crippen molar-refractivity contribution in [1.29, 1.82) is 0 Å². The largest absolute Gasteiger partial charge is 0.495 e. The summed E-state index contributed by atoms with van der Waals surface area (Å²) in [6, 6.07) is 22.0. The number of aromatic nitrogens is 2. The lowest BCUT2D eigenvalue weighted by molar-refractivity contribution is 0.417. The van der Waals surface area contributed by atoms with Crippen molar-refractivity contribution < 1.29 is 13.2 Å². The standard InChI is InChI=1S/C26H24ClN5O3S2/c1-35-23-12-11-19(16-21(23)30-37(2,33)34)32-25(24(29-26(32)36)20-9-3-4-13-28-20)22-10-6-14-31(22)18-8-5-7-17(27)15-18/h3-16,24-25,30H,1-2H3,(H,29,36)/t24-,25+/m0/s1. The molecule has 3 heterocycles. The summed E-state index contributed by atoms with van der Waals surface area (Å²) in [6.45, 7) is 0. The van der Waals surface area contributed by atoms with Crippen LogP contribution in [0.5, 0.6) is 5.75 Å². The van der Waals surface area contributed by atoms with Gasteiger partial charge in [0.25, 0.3) is 0 Å². The van der Waals surface area contributed by atoms with Gasteiger partial charge in [-0.05, 0) is 72.9 Å². The third-order valence-corrected chi connectivity index (χ3v) is 7.16. The first kappa shape index (κ1) is 25.1. The van der Waals surface area contributed by atoms with Gasteiger partial charge in [-0.2, -0.15) is 0 Å². The van der Waals surface area contributed by atoms with E-state index in [0.717, 1.165) is 23.3 Å². The van der Waals surface area contributed by atoms with Crippen LogP contribution in [0, 0.1) is 0 Å². The quantitative estimate of drug-likeness (QED) is 0.308. The first-order valence-electron chi connectivity index (χ1n) is 11.3. The van der Waals surface area contributed by atoms with E-state index in [1.807, 2.05) is 71.8 Å². The average molecular weight is 554 g/mol. The van der Waals surface area contributed by atoms with E-state index in [-0.39, 0.29) is 12.1 Å². The number of hydrogen-bond acceptors (Lipinski definition) is 5. The summed E-state index contributed by atoms with van der Waals surface area (Å²) in [5, 5.41) is 4.54. The molecule has 2 N–H and O–H groups in total. The monoisotopic (exact) mass is 553 g/mol. The molecule has 0 saturated carbocycles. The second-order valence-corrected chi connectivity index (χ2v) is 11.1. The Hall–Kier alpha value is -3.60. The van der Waals surface area contributed by atoms with Gasteiger partial charge < -0.3 is 19.5 Å². The third-order valence-electron chi connectivity index (χ3n) is 6.02. The number of pyridine rings is 1. The fraction of sp³-hybridized carbons (Fsp3) is 0.154. The Morgan fingerprint density at radius 2 is 1.89 bits per heavy atom. The molecule has 2 atom stereocenters. The van der Waals surface area contributed by atoms with Gasteiger partial charge in [-0.1, -0.05) is 23.7 Å². The summed E-state index contributed by atoms with van der Waals surface area (Å²) in [5.74, 6) is 0.396. The van der Waals surface area contributed by atoms with E-state index in [4.69, 9.17) is 28.6 Å². The number of ether oxygens (including phenoxy) is 1. The fourth-order valence-corrected chi connectivity index (χ4v) is 5.64. The van der Waals surface area contributed by atoms with Gasteiger partial charge in [0.2, 0.25) is 10.0 Å². The van der Waals surface area contributed by atoms with Crippen molar-refractivity contribution in [1.82, 2.24) is 14.9 Å². The van der Waals surface area contributed by atoms with Crippen LogP contribution in [0.15, 0.2) is 85.2 Å². The second-order valence-electron chi connectivity index (χ2n) is 8.54. The molecule has 8 nitrogen and oxygen atoms in total. The average Bonchev–Trinajstić information content (AvgIpc) is 3.48. The van der Waals surface area contributed by atoms with E-state index in [1.165, 1.54) is 7.11 Å². The van der Waals surface area contributed by atoms with Crippen LogP contribution in [0.1, 0.15) is 23.5 Å². The molecule has 5 rings (SSSR count). The molecule has 0 unspecified atom stereocenters. The Morgan fingerprint density at radius 3 is 2.59 bits per heavy atom. The van der Waals surface area contributed by atoms with Gasteiger partial charge in [0.15, 0.2) is 5.11 Å². The summed E-state index contributed by atoms with van der Waals surface area (Å²) in [6.07, 6.45) is 4.82. The molecule has 2 aromatic heterocycles. The molecule has 1 fully saturated rings. The molecule has 1 saturated heterocycles. The predicted octanol–water partition coefficient (Wildman–Crippen LogP) is 5.08. The maximum absolute atomic E-state index is 12.0. The van der Waals surface area contributed by atoms with E-state index in [0.29, 0.717) is 27.3 Å². The van der Waals surface area contributed by atoms with Crippen molar-refractivity contribution in [3.05, 3.63) is 102 Å². The van der Waals surface area contributed by atoms with Crippen LogP contribution in [-0.2, 0) is 10.0 Å².